The van der Waals surface area contributed by atoms with Crippen molar-refractivity contribution in [2.45, 2.75) is 6.42 Å². The lowest BCUT2D eigenvalue weighted by Gasteiger charge is -2.02. The Morgan fingerprint density at radius 3 is 3.25 bits per heavy atom. The van der Waals surface area contributed by atoms with Gasteiger partial charge in [0.25, 0.3) is 0 Å². The standard InChI is InChI=1S/C12H9N3O/c13-6-10-12(15-7-14-10)9-1-2-11-8(5-9)3-4-16-11/h1-2,5,7H,3-4H2,(H,14,15). The van der Waals surface area contributed by atoms with Gasteiger partial charge in [0.05, 0.1) is 18.6 Å². The van der Waals surface area contributed by atoms with E-state index in [9.17, 15) is 0 Å². The number of benzene rings is 1. The van der Waals surface area contributed by atoms with Crippen LogP contribution in [0.2, 0.25) is 0 Å². The molecule has 16 heavy (non-hydrogen) atoms. The van der Waals surface area contributed by atoms with Crippen LogP contribution >= 0.6 is 0 Å². The number of H-pyrrole nitrogens is 1. The first-order valence-corrected chi connectivity index (χ1v) is 5.08. The largest absolute Gasteiger partial charge is 0.493 e. The molecule has 0 bridgehead atoms. The zero-order valence-corrected chi connectivity index (χ0v) is 8.53. The third-order valence-corrected chi connectivity index (χ3v) is 2.72. The fraction of sp³-hybridized carbons (Fsp3) is 0.167. The van der Waals surface area contributed by atoms with E-state index in [0.717, 1.165) is 30.0 Å². The first-order chi connectivity index (χ1) is 7.88. The number of nitrogens with zero attached hydrogens (tertiary/aromatic N) is 2. The Morgan fingerprint density at radius 1 is 1.44 bits per heavy atom. The molecule has 2 aromatic rings. The summed E-state index contributed by atoms with van der Waals surface area (Å²) in [4.78, 5) is 6.95. The summed E-state index contributed by atoms with van der Waals surface area (Å²) in [5.41, 5.74) is 3.38. The van der Waals surface area contributed by atoms with Crippen molar-refractivity contribution in [3.8, 4) is 23.1 Å². The predicted molar refractivity (Wildman–Crippen MR) is 57.9 cm³/mol. The second kappa shape index (κ2) is 3.38. The molecule has 4 nitrogen and oxygen atoms in total. The van der Waals surface area contributed by atoms with E-state index in [1.54, 1.807) is 0 Å². The van der Waals surface area contributed by atoms with E-state index in [-0.39, 0.29) is 0 Å². The molecule has 78 valence electrons. The summed E-state index contributed by atoms with van der Waals surface area (Å²) in [5, 5.41) is 8.90. The van der Waals surface area contributed by atoms with Crippen LogP contribution in [0.1, 0.15) is 11.3 Å². The lowest BCUT2D eigenvalue weighted by Crippen LogP contribution is -1.85. The van der Waals surface area contributed by atoms with Crippen molar-refractivity contribution in [3.63, 3.8) is 0 Å². The Hall–Kier alpha value is -2.28. The van der Waals surface area contributed by atoms with Crippen molar-refractivity contribution in [1.29, 1.82) is 5.26 Å². The average molecular weight is 211 g/mol. The van der Waals surface area contributed by atoms with Crippen LogP contribution in [0.15, 0.2) is 24.5 Å². The highest BCUT2D eigenvalue weighted by Crippen LogP contribution is 2.30. The molecule has 1 aromatic carbocycles. The quantitative estimate of drug-likeness (QED) is 0.783. The minimum atomic E-state index is 0.430. The highest BCUT2D eigenvalue weighted by Gasteiger charge is 2.14. The molecule has 0 atom stereocenters. The number of nitriles is 1. The van der Waals surface area contributed by atoms with E-state index < -0.39 is 0 Å². The molecule has 3 rings (SSSR count). The van der Waals surface area contributed by atoms with Gasteiger partial charge in [0.2, 0.25) is 0 Å². The molecule has 0 fully saturated rings. The Kier molecular flexibility index (Phi) is 1.90. The molecule has 1 aromatic heterocycles. The monoisotopic (exact) mass is 211 g/mol. The number of rotatable bonds is 1. The van der Waals surface area contributed by atoms with Crippen molar-refractivity contribution in [2.24, 2.45) is 0 Å². The van der Waals surface area contributed by atoms with Gasteiger partial charge in [0.15, 0.2) is 5.69 Å². The molecule has 1 aliphatic rings. The third-order valence-electron chi connectivity index (χ3n) is 2.72. The first kappa shape index (κ1) is 8.98. The fourth-order valence-electron chi connectivity index (χ4n) is 1.94. The Balaban J connectivity index is 2.11. The zero-order valence-electron chi connectivity index (χ0n) is 8.53. The molecule has 0 spiro atoms. The van der Waals surface area contributed by atoms with Crippen LogP contribution in [0.4, 0.5) is 0 Å². The van der Waals surface area contributed by atoms with Gasteiger partial charge < -0.3 is 9.72 Å². The minimum absolute atomic E-state index is 0.430. The topological polar surface area (TPSA) is 61.7 Å². The maximum Gasteiger partial charge on any atom is 0.166 e. The molecular formula is C12H9N3O. The molecule has 0 saturated carbocycles. The van der Waals surface area contributed by atoms with E-state index in [4.69, 9.17) is 10.00 Å². The van der Waals surface area contributed by atoms with Gasteiger partial charge in [-0.15, -0.1) is 0 Å². The molecule has 2 heterocycles. The lowest BCUT2D eigenvalue weighted by atomic mass is 10.1. The Bertz CT molecular complexity index is 580. The summed E-state index contributed by atoms with van der Waals surface area (Å²) < 4.78 is 5.44. The van der Waals surface area contributed by atoms with Crippen LogP contribution in [0, 0.1) is 11.3 Å². The van der Waals surface area contributed by atoms with Gasteiger partial charge in [0, 0.05) is 12.0 Å². The molecular weight excluding hydrogens is 202 g/mol. The van der Waals surface area contributed by atoms with Crippen molar-refractivity contribution < 1.29 is 4.74 Å². The summed E-state index contributed by atoms with van der Waals surface area (Å²) in [6.07, 6.45) is 2.47. The molecule has 4 heteroatoms. The number of aromatic amines is 1. The number of nitrogens with one attached hydrogen (secondary N) is 1. The van der Waals surface area contributed by atoms with Crippen LogP contribution in [-0.4, -0.2) is 16.6 Å². The number of hydrogen-bond donors (Lipinski definition) is 1. The molecule has 0 unspecified atom stereocenters. The number of hydrogen-bond acceptors (Lipinski definition) is 3. The highest BCUT2D eigenvalue weighted by molar-refractivity contribution is 5.67. The molecule has 1 aliphatic heterocycles. The molecule has 0 saturated heterocycles. The Morgan fingerprint density at radius 2 is 2.38 bits per heavy atom. The van der Waals surface area contributed by atoms with Gasteiger partial charge in [-0.1, -0.05) is 0 Å². The minimum Gasteiger partial charge on any atom is -0.493 e. The molecule has 1 N–H and O–H groups in total. The highest BCUT2D eigenvalue weighted by atomic mass is 16.5. The number of ether oxygens (including phenoxy) is 1. The van der Waals surface area contributed by atoms with E-state index in [1.165, 1.54) is 11.9 Å². The fourth-order valence-corrected chi connectivity index (χ4v) is 1.94. The van der Waals surface area contributed by atoms with Crippen molar-refractivity contribution in [1.82, 2.24) is 9.97 Å². The number of imidazole rings is 1. The summed E-state index contributed by atoms with van der Waals surface area (Å²) in [5.74, 6) is 0.946. The summed E-state index contributed by atoms with van der Waals surface area (Å²) in [7, 11) is 0. The van der Waals surface area contributed by atoms with Crippen LogP contribution in [-0.2, 0) is 6.42 Å². The third kappa shape index (κ3) is 1.26. The van der Waals surface area contributed by atoms with Gasteiger partial charge in [-0.3, -0.25) is 0 Å². The summed E-state index contributed by atoms with van der Waals surface area (Å²) in [6.45, 7) is 0.743. The summed E-state index contributed by atoms with van der Waals surface area (Å²) in [6, 6.07) is 8.01. The second-order valence-electron chi connectivity index (χ2n) is 3.66. The number of aromatic nitrogens is 2. The van der Waals surface area contributed by atoms with Crippen LogP contribution in [0.3, 0.4) is 0 Å². The SMILES string of the molecule is N#Cc1nc[nH]c1-c1ccc2c(c1)CCO2. The smallest absolute Gasteiger partial charge is 0.166 e. The van der Waals surface area contributed by atoms with E-state index >= 15 is 0 Å². The van der Waals surface area contributed by atoms with Crippen LogP contribution < -0.4 is 4.74 Å². The summed E-state index contributed by atoms with van der Waals surface area (Å²) >= 11 is 0. The molecule has 0 amide bonds. The zero-order chi connectivity index (χ0) is 11.0. The van der Waals surface area contributed by atoms with Gasteiger partial charge in [-0.2, -0.15) is 5.26 Å². The predicted octanol–water partition coefficient (Wildman–Crippen LogP) is 1.88. The molecule has 0 radical (unpaired) electrons. The van der Waals surface area contributed by atoms with Crippen LogP contribution in [0.25, 0.3) is 11.3 Å². The van der Waals surface area contributed by atoms with Crippen molar-refractivity contribution in [3.05, 3.63) is 35.8 Å². The maximum atomic E-state index is 8.90. The van der Waals surface area contributed by atoms with Crippen molar-refractivity contribution in [2.75, 3.05) is 6.61 Å². The second-order valence-corrected chi connectivity index (χ2v) is 3.66. The van der Waals surface area contributed by atoms with Crippen LogP contribution in [0.5, 0.6) is 5.75 Å². The Labute approximate surface area is 92.5 Å². The number of fused-ring (bicyclic) bond motifs is 1. The normalized spacial score (nSPS) is 12.9. The van der Waals surface area contributed by atoms with E-state index in [1.807, 2.05) is 12.1 Å². The van der Waals surface area contributed by atoms with E-state index in [0.29, 0.717) is 5.69 Å². The van der Waals surface area contributed by atoms with Gasteiger partial charge >= 0.3 is 0 Å². The lowest BCUT2D eigenvalue weighted by molar-refractivity contribution is 0.357. The van der Waals surface area contributed by atoms with Gasteiger partial charge in [0.1, 0.15) is 11.8 Å². The van der Waals surface area contributed by atoms with Crippen molar-refractivity contribution >= 4 is 0 Å². The molecule has 0 aliphatic carbocycles. The van der Waals surface area contributed by atoms with Gasteiger partial charge in [-0.25, -0.2) is 4.98 Å². The van der Waals surface area contributed by atoms with E-state index in [2.05, 4.69) is 22.1 Å². The average Bonchev–Trinajstić information content (AvgIpc) is 2.96. The first-order valence-electron chi connectivity index (χ1n) is 5.08. The maximum absolute atomic E-state index is 8.90. The van der Waals surface area contributed by atoms with Gasteiger partial charge in [-0.05, 0) is 23.8 Å².